The van der Waals surface area contributed by atoms with Crippen molar-refractivity contribution in [1.82, 2.24) is 14.7 Å². The Morgan fingerprint density at radius 2 is 2.29 bits per heavy atom. The Bertz CT molecular complexity index is 361. The van der Waals surface area contributed by atoms with Crippen LogP contribution >= 0.6 is 0 Å². The number of aldehydes is 1. The number of nitrogens with zero attached hydrogens (tertiary/aromatic N) is 3. The van der Waals surface area contributed by atoms with Gasteiger partial charge in [-0.15, -0.1) is 0 Å². The van der Waals surface area contributed by atoms with Crippen LogP contribution in [0.15, 0.2) is 6.20 Å². The van der Waals surface area contributed by atoms with E-state index in [4.69, 9.17) is 4.74 Å². The fourth-order valence-electron chi connectivity index (χ4n) is 1.61. The molecule has 1 unspecified atom stereocenters. The van der Waals surface area contributed by atoms with E-state index in [0.717, 1.165) is 30.8 Å². The Morgan fingerprint density at radius 3 is 2.82 bits per heavy atom. The molecule has 5 nitrogen and oxygen atoms in total. The Morgan fingerprint density at radius 1 is 1.59 bits per heavy atom. The summed E-state index contributed by atoms with van der Waals surface area (Å²) in [6.45, 7) is 3.61. The highest BCUT2D eigenvalue weighted by atomic mass is 16.5. The maximum atomic E-state index is 10.7. The van der Waals surface area contributed by atoms with Crippen molar-refractivity contribution in [3.05, 3.63) is 11.9 Å². The minimum absolute atomic E-state index is 0.0151. The molecule has 0 aliphatic carbocycles. The first-order chi connectivity index (χ1) is 8.08. The summed E-state index contributed by atoms with van der Waals surface area (Å²) in [7, 11) is 5.67. The molecule has 0 saturated heterocycles. The molecule has 96 valence electrons. The number of rotatable bonds is 7. The fourth-order valence-corrected chi connectivity index (χ4v) is 1.61. The molecule has 0 bridgehead atoms. The lowest BCUT2D eigenvalue weighted by Crippen LogP contribution is -2.21. The molecule has 0 saturated carbocycles. The lowest BCUT2D eigenvalue weighted by atomic mass is 10.1. The maximum Gasteiger partial charge on any atom is 0.159 e. The van der Waals surface area contributed by atoms with Crippen LogP contribution in [0.5, 0.6) is 5.75 Å². The third-order valence-electron chi connectivity index (χ3n) is 2.64. The number of hydrogen-bond donors (Lipinski definition) is 0. The van der Waals surface area contributed by atoms with Crippen molar-refractivity contribution in [1.29, 1.82) is 0 Å². The molecule has 5 heteroatoms. The summed E-state index contributed by atoms with van der Waals surface area (Å²) in [4.78, 5) is 12.8. The van der Waals surface area contributed by atoms with Crippen LogP contribution in [0.4, 0.5) is 0 Å². The highest BCUT2D eigenvalue weighted by Gasteiger charge is 2.14. The van der Waals surface area contributed by atoms with Gasteiger partial charge in [-0.3, -0.25) is 4.68 Å². The van der Waals surface area contributed by atoms with Gasteiger partial charge in [0.2, 0.25) is 0 Å². The lowest BCUT2D eigenvalue weighted by Gasteiger charge is -2.13. The molecular weight excluding hydrogens is 218 g/mol. The topological polar surface area (TPSA) is 47.4 Å². The molecule has 0 radical (unpaired) electrons. The molecule has 0 aromatic carbocycles. The van der Waals surface area contributed by atoms with E-state index in [9.17, 15) is 4.79 Å². The number of methoxy groups -OCH3 is 1. The van der Waals surface area contributed by atoms with Crippen LogP contribution in [-0.4, -0.2) is 48.7 Å². The lowest BCUT2D eigenvalue weighted by molar-refractivity contribution is -0.110. The molecular formula is C12H21N3O2. The molecule has 1 heterocycles. The van der Waals surface area contributed by atoms with Crippen LogP contribution in [0.3, 0.4) is 0 Å². The summed E-state index contributed by atoms with van der Waals surface area (Å²) in [5, 5.41) is 4.30. The molecule has 0 amide bonds. The number of ether oxygens (including phenoxy) is 1. The van der Waals surface area contributed by atoms with E-state index in [1.165, 1.54) is 0 Å². The second-order valence-electron chi connectivity index (χ2n) is 4.50. The number of carbonyl (C=O) groups excluding carboxylic acids is 1. The number of likely N-dealkylation sites (N-methyl/N-ethyl adjacent to an activating group) is 1. The van der Waals surface area contributed by atoms with Gasteiger partial charge in [0.15, 0.2) is 5.75 Å². The molecule has 17 heavy (non-hydrogen) atoms. The van der Waals surface area contributed by atoms with Gasteiger partial charge in [0.05, 0.1) is 25.5 Å². The third-order valence-corrected chi connectivity index (χ3v) is 2.64. The van der Waals surface area contributed by atoms with Gasteiger partial charge in [0, 0.05) is 18.9 Å². The highest BCUT2D eigenvalue weighted by molar-refractivity contribution is 5.53. The first-order valence-electron chi connectivity index (χ1n) is 5.77. The van der Waals surface area contributed by atoms with Crippen LogP contribution in [0.2, 0.25) is 0 Å². The minimum Gasteiger partial charge on any atom is -0.493 e. The van der Waals surface area contributed by atoms with Crippen LogP contribution in [0.25, 0.3) is 0 Å². The van der Waals surface area contributed by atoms with Gasteiger partial charge in [-0.25, -0.2) is 0 Å². The van der Waals surface area contributed by atoms with Gasteiger partial charge in [-0.05, 0) is 14.1 Å². The molecule has 0 aliphatic rings. The number of hydrogen-bond acceptors (Lipinski definition) is 4. The summed E-state index contributed by atoms with van der Waals surface area (Å²) in [6.07, 6.45) is 3.34. The van der Waals surface area contributed by atoms with E-state index in [-0.39, 0.29) is 5.92 Å². The van der Waals surface area contributed by atoms with Crippen LogP contribution in [-0.2, 0) is 17.8 Å². The summed E-state index contributed by atoms with van der Waals surface area (Å²) >= 11 is 0. The van der Waals surface area contributed by atoms with Gasteiger partial charge in [-0.2, -0.15) is 5.10 Å². The largest absolute Gasteiger partial charge is 0.493 e. The Labute approximate surface area is 102 Å². The summed E-state index contributed by atoms with van der Waals surface area (Å²) < 4.78 is 7.18. The highest BCUT2D eigenvalue weighted by Crippen LogP contribution is 2.20. The van der Waals surface area contributed by atoms with Crippen molar-refractivity contribution < 1.29 is 9.53 Å². The quantitative estimate of drug-likeness (QED) is 0.661. The SMILES string of the molecule is COc1cnn(CCN(C)C)c1CC(C)C=O. The van der Waals surface area contributed by atoms with Crippen molar-refractivity contribution >= 4 is 6.29 Å². The maximum absolute atomic E-state index is 10.7. The normalized spacial score (nSPS) is 12.8. The zero-order valence-corrected chi connectivity index (χ0v) is 11.0. The van der Waals surface area contributed by atoms with Gasteiger partial charge < -0.3 is 14.4 Å². The van der Waals surface area contributed by atoms with Gasteiger partial charge in [0.25, 0.3) is 0 Å². The molecule has 0 fully saturated rings. The second kappa shape index (κ2) is 6.39. The zero-order valence-electron chi connectivity index (χ0n) is 11.0. The van der Waals surface area contributed by atoms with Crippen molar-refractivity contribution in [2.75, 3.05) is 27.7 Å². The molecule has 1 aromatic heterocycles. The minimum atomic E-state index is -0.0151. The zero-order chi connectivity index (χ0) is 12.8. The predicted octanol–water partition coefficient (Wildman–Crippen LogP) is 0.831. The second-order valence-corrected chi connectivity index (χ2v) is 4.50. The molecule has 1 rings (SSSR count). The number of carbonyl (C=O) groups is 1. The van der Waals surface area contributed by atoms with E-state index in [0.29, 0.717) is 6.42 Å². The molecule has 0 N–H and O–H groups in total. The van der Waals surface area contributed by atoms with E-state index in [1.807, 2.05) is 25.7 Å². The molecule has 0 spiro atoms. The fraction of sp³-hybridized carbons (Fsp3) is 0.667. The molecule has 1 atom stereocenters. The van der Waals surface area contributed by atoms with E-state index < -0.39 is 0 Å². The standard InChI is InChI=1S/C12H21N3O2/c1-10(9-16)7-11-12(17-4)8-13-15(11)6-5-14(2)3/h8-10H,5-7H2,1-4H3. The van der Waals surface area contributed by atoms with Crippen molar-refractivity contribution in [3.63, 3.8) is 0 Å². The predicted molar refractivity (Wildman–Crippen MR) is 66.3 cm³/mol. The Hall–Kier alpha value is -1.36. The summed E-state index contributed by atoms with van der Waals surface area (Å²) in [6, 6.07) is 0. The average molecular weight is 239 g/mol. The van der Waals surface area contributed by atoms with E-state index >= 15 is 0 Å². The van der Waals surface area contributed by atoms with Crippen molar-refractivity contribution in [2.24, 2.45) is 5.92 Å². The van der Waals surface area contributed by atoms with Crippen LogP contribution < -0.4 is 4.74 Å². The Kier molecular flexibility index (Phi) is 5.15. The van der Waals surface area contributed by atoms with Crippen molar-refractivity contribution in [3.8, 4) is 5.75 Å². The third kappa shape index (κ3) is 3.85. The van der Waals surface area contributed by atoms with E-state index in [2.05, 4.69) is 10.00 Å². The van der Waals surface area contributed by atoms with Gasteiger partial charge >= 0.3 is 0 Å². The van der Waals surface area contributed by atoms with Gasteiger partial charge in [-0.1, -0.05) is 6.92 Å². The van der Waals surface area contributed by atoms with Gasteiger partial charge in [0.1, 0.15) is 6.29 Å². The average Bonchev–Trinajstić information content (AvgIpc) is 2.68. The first-order valence-corrected chi connectivity index (χ1v) is 5.77. The Balaban J connectivity index is 2.81. The smallest absolute Gasteiger partial charge is 0.159 e. The number of aromatic nitrogens is 2. The molecule has 0 aliphatic heterocycles. The van der Waals surface area contributed by atoms with Crippen LogP contribution in [0, 0.1) is 5.92 Å². The summed E-state index contributed by atoms with van der Waals surface area (Å²) in [5.41, 5.74) is 0.994. The van der Waals surface area contributed by atoms with Crippen LogP contribution in [0.1, 0.15) is 12.6 Å². The van der Waals surface area contributed by atoms with Crippen molar-refractivity contribution in [2.45, 2.75) is 19.9 Å². The van der Waals surface area contributed by atoms with E-state index in [1.54, 1.807) is 13.3 Å². The summed E-state index contributed by atoms with van der Waals surface area (Å²) in [5.74, 6) is 0.746. The monoisotopic (exact) mass is 239 g/mol. The molecule has 1 aromatic rings. The first kappa shape index (κ1) is 13.7.